The molecule has 100 valence electrons. The van der Waals surface area contributed by atoms with Crippen molar-refractivity contribution < 1.29 is 14.6 Å². The molecule has 0 unspecified atom stereocenters. The van der Waals surface area contributed by atoms with Crippen LogP contribution in [-0.4, -0.2) is 25.7 Å². The number of ether oxygens (including phenoxy) is 1. The minimum Gasteiger partial charge on any atom is -0.478 e. The van der Waals surface area contributed by atoms with Gasteiger partial charge in [0.05, 0.1) is 15.3 Å². The molecule has 0 fully saturated rings. The number of carbonyl (C=O) groups is 1. The topological polar surface area (TPSA) is 76.7 Å². The van der Waals surface area contributed by atoms with E-state index in [4.69, 9.17) is 9.84 Å². The Balaban J connectivity index is 2.04. The number of carboxylic acids is 1. The minimum atomic E-state index is -0.998. The number of rotatable bonds is 3. The maximum atomic E-state index is 11.0. The molecule has 0 atom stereocenters. The van der Waals surface area contributed by atoms with Crippen molar-refractivity contribution in [2.45, 2.75) is 0 Å². The van der Waals surface area contributed by atoms with Crippen LogP contribution in [0.4, 0.5) is 0 Å². The SMILES string of the molecule is O=C(O)c1ccc(I)c(Oc2nccn3nccc23)c1. The Bertz CT molecular complexity index is 800. The van der Waals surface area contributed by atoms with E-state index in [0.29, 0.717) is 17.1 Å². The molecule has 0 amide bonds. The number of hydrogen-bond acceptors (Lipinski definition) is 4. The smallest absolute Gasteiger partial charge is 0.335 e. The summed E-state index contributed by atoms with van der Waals surface area (Å²) in [5.74, 6) is -0.167. The van der Waals surface area contributed by atoms with Crippen LogP contribution in [-0.2, 0) is 0 Å². The number of fused-ring (bicyclic) bond motifs is 1. The van der Waals surface area contributed by atoms with Gasteiger partial charge < -0.3 is 9.84 Å². The third kappa shape index (κ3) is 2.31. The molecule has 0 aliphatic rings. The highest BCUT2D eigenvalue weighted by Gasteiger charge is 2.11. The maximum absolute atomic E-state index is 11.0. The summed E-state index contributed by atoms with van der Waals surface area (Å²) in [6.45, 7) is 0. The van der Waals surface area contributed by atoms with Gasteiger partial charge in [0, 0.05) is 12.4 Å². The summed E-state index contributed by atoms with van der Waals surface area (Å²) in [5, 5.41) is 13.1. The van der Waals surface area contributed by atoms with Crippen LogP contribution in [0.3, 0.4) is 0 Å². The Labute approximate surface area is 127 Å². The lowest BCUT2D eigenvalue weighted by atomic mass is 10.2. The fraction of sp³-hybridized carbons (Fsp3) is 0. The van der Waals surface area contributed by atoms with Crippen molar-refractivity contribution in [3.63, 3.8) is 0 Å². The Hall–Kier alpha value is -2.16. The molecule has 20 heavy (non-hydrogen) atoms. The molecule has 7 heteroatoms. The zero-order valence-electron chi connectivity index (χ0n) is 10.0. The third-order valence-corrected chi connectivity index (χ3v) is 3.57. The summed E-state index contributed by atoms with van der Waals surface area (Å²) in [5.41, 5.74) is 0.880. The van der Waals surface area contributed by atoms with Gasteiger partial charge in [-0.3, -0.25) is 0 Å². The summed E-state index contributed by atoms with van der Waals surface area (Å²) >= 11 is 2.08. The van der Waals surface area contributed by atoms with Gasteiger partial charge in [-0.05, 0) is 46.9 Å². The molecule has 6 nitrogen and oxygen atoms in total. The molecule has 3 rings (SSSR count). The zero-order valence-corrected chi connectivity index (χ0v) is 12.2. The highest BCUT2D eigenvalue weighted by atomic mass is 127. The first-order chi connectivity index (χ1) is 9.65. The van der Waals surface area contributed by atoms with Gasteiger partial charge in [0.15, 0.2) is 0 Å². The molecule has 1 aromatic carbocycles. The second kappa shape index (κ2) is 5.08. The molecule has 2 heterocycles. The van der Waals surface area contributed by atoms with E-state index >= 15 is 0 Å². The van der Waals surface area contributed by atoms with Crippen LogP contribution in [0.1, 0.15) is 10.4 Å². The lowest BCUT2D eigenvalue weighted by Crippen LogP contribution is -1.99. The predicted molar refractivity (Wildman–Crippen MR) is 79.2 cm³/mol. The quantitative estimate of drug-likeness (QED) is 0.707. The van der Waals surface area contributed by atoms with E-state index in [2.05, 4.69) is 32.7 Å². The summed E-state index contributed by atoms with van der Waals surface area (Å²) in [4.78, 5) is 15.2. The van der Waals surface area contributed by atoms with E-state index in [0.717, 1.165) is 3.57 Å². The van der Waals surface area contributed by atoms with Crippen molar-refractivity contribution in [1.29, 1.82) is 0 Å². The van der Waals surface area contributed by atoms with Crippen molar-refractivity contribution in [2.75, 3.05) is 0 Å². The number of nitrogens with zero attached hydrogens (tertiary/aromatic N) is 3. The van der Waals surface area contributed by atoms with Crippen molar-refractivity contribution >= 4 is 34.1 Å². The molecular formula is C13H8IN3O3. The van der Waals surface area contributed by atoms with Gasteiger partial charge in [-0.25, -0.2) is 14.3 Å². The zero-order chi connectivity index (χ0) is 14.1. The van der Waals surface area contributed by atoms with Gasteiger partial charge >= 0.3 is 5.97 Å². The van der Waals surface area contributed by atoms with Crippen LogP contribution >= 0.6 is 22.6 Å². The van der Waals surface area contributed by atoms with Crippen molar-refractivity contribution in [1.82, 2.24) is 14.6 Å². The summed E-state index contributed by atoms with van der Waals surface area (Å²) in [7, 11) is 0. The molecule has 0 aliphatic heterocycles. The largest absolute Gasteiger partial charge is 0.478 e. The highest BCUT2D eigenvalue weighted by molar-refractivity contribution is 14.1. The third-order valence-electron chi connectivity index (χ3n) is 2.67. The van der Waals surface area contributed by atoms with Crippen LogP contribution in [0, 0.1) is 3.57 Å². The van der Waals surface area contributed by atoms with E-state index in [-0.39, 0.29) is 5.56 Å². The van der Waals surface area contributed by atoms with Gasteiger partial charge in [-0.15, -0.1) is 0 Å². The number of halogens is 1. The molecule has 2 aromatic heterocycles. The molecular weight excluding hydrogens is 373 g/mol. The normalized spacial score (nSPS) is 10.7. The van der Waals surface area contributed by atoms with Gasteiger partial charge in [0.25, 0.3) is 0 Å². The monoisotopic (exact) mass is 381 g/mol. The minimum absolute atomic E-state index is 0.167. The number of benzene rings is 1. The number of hydrogen-bond donors (Lipinski definition) is 1. The van der Waals surface area contributed by atoms with Gasteiger partial charge in [0.2, 0.25) is 5.88 Å². The van der Waals surface area contributed by atoms with E-state index in [9.17, 15) is 4.79 Å². The van der Waals surface area contributed by atoms with Crippen LogP contribution in [0.25, 0.3) is 5.52 Å². The van der Waals surface area contributed by atoms with Gasteiger partial charge in [-0.2, -0.15) is 5.10 Å². The number of carboxylic acid groups (broad SMARTS) is 1. The van der Waals surface area contributed by atoms with E-state index < -0.39 is 5.97 Å². The Morgan fingerprint density at radius 2 is 2.15 bits per heavy atom. The first kappa shape index (κ1) is 12.9. The van der Waals surface area contributed by atoms with Crippen LogP contribution < -0.4 is 4.74 Å². The number of aromatic carboxylic acids is 1. The lowest BCUT2D eigenvalue weighted by Gasteiger charge is -2.08. The predicted octanol–water partition coefficient (Wildman–Crippen LogP) is 2.82. The first-order valence-electron chi connectivity index (χ1n) is 5.64. The standard InChI is InChI=1S/C13H8IN3O3/c14-9-2-1-8(13(18)19)7-11(9)20-12-10-3-4-16-17(10)6-5-15-12/h1-7H,(H,18,19). The second-order valence-electron chi connectivity index (χ2n) is 3.95. The molecule has 1 N–H and O–H groups in total. The Kier molecular flexibility index (Phi) is 3.26. The van der Waals surface area contributed by atoms with Crippen molar-refractivity contribution in [3.8, 4) is 11.6 Å². The van der Waals surface area contributed by atoms with Crippen LogP contribution in [0.15, 0.2) is 42.9 Å². The fourth-order valence-corrected chi connectivity index (χ4v) is 2.18. The highest BCUT2D eigenvalue weighted by Crippen LogP contribution is 2.28. The summed E-state index contributed by atoms with van der Waals surface area (Å²) < 4.78 is 8.17. The molecule has 0 saturated heterocycles. The summed E-state index contributed by atoms with van der Waals surface area (Å²) in [6, 6.07) is 6.47. The molecule has 0 saturated carbocycles. The Morgan fingerprint density at radius 1 is 1.30 bits per heavy atom. The second-order valence-corrected chi connectivity index (χ2v) is 5.11. The lowest BCUT2D eigenvalue weighted by molar-refractivity contribution is 0.0696. The summed E-state index contributed by atoms with van der Waals surface area (Å²) in [6.07, 6.45) is 4.92. The van der Waals surface area contributed by atoms with Crippen LogP contribution in [0.2, 0.25) is 0 Å². The first-order valence-corrected chi connectivity index (χ1v) is 6.72. The molecule has 3 aromatic rings. The average Bonchev–Trinajstić information content (AvgIpc) is 2.90. The van der Waals surface area contributed by atoms with Gasteiger partial charge in [0.1, 0.15) is 11.3 Å². The van der Waals surface area contributed by atoms with E-state index in [1.54, 1.807) is 35.2 Å². The fourth-order valence-electron chi connectivity index (χ4n) is 1.73. The van der Waals surface area contributed by atoms with Crippen molar-refractivity contribution in [2.24, 2.45) is 0 Å². The molecule has 0 bridgehead atoms. The molecule has 0 radical (unpaired) electrons. The molecule has 0 spiro atoms. The average molecular weight is 381 g/mol. The van der Waals surface area contributed by atoms with Crippen molar-refractivity contribution in [3.05, 3.63) is 52.0 Å². The van der Waals surface area contributed by atoms with E-state index in [1.165, 1.54) is 12.1 Å². The Morgan fingerprint density at radius 3 is 2.95 bits per heavy atom. The molecule has 0 aliphatic carbocycles. The van der Waals surface area contributed by atoms with E-state index in [1.807, 2.05) is 0 Å². The van der Waals surface area contributed by atoms with Gasteiger partial charge in [-0.1, -0.05) is 0 Å². The maximum Gasteiger partial charge on any atom is 0.335 e. The number of aromatic nitrogens is 3. The van der Waals surface area contributed by atoms with Crippen LogP contribution in [0.5, 0.6) is 11.6 Å².